The standard InChI is InChI=1S/C6H3F2NO3/c7-3-1-4(8)6(10)5(2-3)9(11)12/h1-2,10H. The van der Waals surface area contributed by atoms with E-state index in [1.54, 1.807) is 0 Å². The van der Waals surface area contributed by atoms with Crippen LogP contribution in [0.3, 0.4) is 0 Å². The van der Waals surface area contributed by atoms with Crippen molar-refractivity contribution in [3.8, 4) is 5.75 Å². The third-order valence-electron chi connectivity index (χ3n) is 1.20. The number of aromatic hydroxyl groups is 1. The highest BCUT2D eigenvalue weighted by Crippen LogP contribution is 2.28. The molecule has 4 nitrogen and oxygen atoms in total. The number of hydrogen-bond acceptors (Lipinski definition) is 3. The normalized spacial score (nSPS) is 9.83. The molecule has 1 aromatic rings. The number of nitro benzene ring substituents is 1. The van der Waals surface area contributed by atoms with Crippen LogP contribution in [0.25, 0.3) is 0 Å². The van der Waals surface area contributed by atoms with E-state index in [0.29, 0.717) is 12.1 Å². The number of halogens is 2. The van der Waals surface area contributed by atoms with E-state index >= 15 is 0 Å². The number of hydrogen-bond donors (Lipinski definition) is 1. The van der Waals surface area contributed by atoms with Gasteiger partial charge in [-0.15, -0.1) is 0 Å². The van der Waals surface area contributed by atoms with Gasteiger partial charge < -0.3 is 5.11 Å². The highest BCUT2D eigenvalue weighted by Gasteiger charge is 2.18. The van der Waals surface area contributed by atoms with E-state index in [1.807, 2.05) is 0 Å². The maximum atomic E-state index is 12.4. The number of phenols is 1. The zero-order valence-electron chi connectivity index (χ0n) is 5.62. The van der Waals surface area contributed by atoms with E-state index < -0.39 is 28.0 Å². The topological polar surface area (TPSA) is 63.4 Å². The van der Waals surface area contributed by atoms with E-state index in [9.17, 15) is 18.9 Å². The molecule has 1 rings (SSSR count). The molecule has 0 aliphatic rings. The summed E-state index contributed by atoms with van der Waals surface area (Å²) < 4.78 is 24.7. The predicted molar refractivity (Wildman–Crippen MR) is 34.7 cm³/mol. The quantitative estimate of drug-likeness (QED) is 0.520. The number of benzene rings is 1. The van der Waals surface area contributed by atoms with Crippen LogP contribution in [0.2, 0.25) is 0 Å². The van der Waals surface area contributed by atoms with Crippen LogP contribution >= 0.6 is 0 Å². The lowest BCUT2D eigenvalue weighted by Crippen LogP contribution is -1.92. The van der Waals surface area contributed by atoms with Gasteiger partial charge in [-0.3, -0.25) is 10.1 Å². The van der Waals surface area contributed by atoms with E-state index in [1.165, 1.54) is 0 Å². The van der Waals surface area contributed by atoms with Gasteiger partial charge in [-0.25, -0.2) is 8.78 Å². The summed E-state index contributed by atoms with van der Waals surface area (Å²) in [4.78, 5) is 8.97. The Balaban J connectivity index is 3.37. The second-order valence-corrected chi connectivity index (χ2v) is 2.01. The third kappa shape index (κ3) is 1.31. The van der Waals surface area contributed by atoms with Crippen molar-refractivity contribution in [1.29, 1.82) is 0 Å². The van der Waals surface area contributed by atoms with Gasteiger partial charge in [0.2, 0.25) is 5.75 Å². The van der Waals surface area contributed by atoms with Crippen LogP contribution in [0.5, 0.6) is 5.75 Å². The van der Waals surface area contributed by atoms with E-state index in [-0.39, 0.29) is 0 Å². The Kier molecular flexibility index (Phi) is 1.90. The second kappa shape index (κ2) is 2.72. The predicted octanol–water partition coefficient (Wildman–Crippen LogP) is 1.58. The van der Waals surface area contributed by atoms with Gasteiger partial charge in [-0.1, -0.05) is 0 Å². The van der Waals surface area contributed by atoms with Crippen LogP contribution in [0, 0.1) is 21.7 Å². The van der Waals surface area contributed by atoms with Gasteiger partial charge in [0.1, 0.15) is 5.82 Å². The van der Waals surface area contributed by atoms with Gasteiger partial charge in [-0.2, -0.15) is 0 Å². The van der Waals surface area contributed by atoms with Crippen molar-refractivity contribution in [2.45, 2.75) is 0 Å². The van der Waals surface area contributed by atoms with E-state index in [4.69, 9.17) is 5.11 Å². The summed E-state index contributed by atoms with van der Waals surface area (Å²) in [6.07, 6.45) is 0. The molecule has 0 amide bonds. The first kappa shape index (κ1) is 8.38. The first-order valence-corrected chi connectivity index (χ1v) is 2.85. The molecule has 1 aromatic carbocycles. The summed E-state index contributed by atoms with van der Waals surface area (Å²) in [6, 6.07) is 0.806. The first-order valence-electron chi connectivity index (χ1n) is 2.85. The van der Waals surface area contributed by atoms with Crippen molar-refractivity contribution in [3.63, 3.8) is 0 Å². The fourth-order valence-electron chi connectivity index (χ4n) is 0.692. The smallest absolute Gasteiger partial charge is 0.316 e. The van der Waals surface area contributed by atoms with Gasteiger partial charge in [0, 0.05) is 6.07 Å². The van der Waals surface area contributed by atoms with Gasteiger partial charge in [-0.05, 0) is 0 Å². The Morgan fingerprint density at radius 2 is 2.00 bits per heavy atom. The average molecular weight is 175 g/mol. The molecule has 1 N–H and O–H groups in total. The molecule has 12 heavy (non-hydrogen) atoms. The minimum atomic E-state index is -1.35. The van der Waals surface area contributed by atoms with Crippen molar-refractivity contribution in [2.75, 3.05) is 0 Å². The van der Waals surface area contributed by atoms with E-state index in [0.717, 1.165) is 0 Å². The molecule has 0 heterocycles. The van der Waals surface area contributed by atoms with Crippen molar-refractivity contribution in [1.82, 2.24) is 0 Å². The Labute approximate surface area is 65.2 Å². The minimum Gasteiger partial charge on any atom is -0.500 e. The summed E-state index contributed by atoms with van der Waals surface area (Å²) >= 11 is 0. The fourth-order valence-corrected chi connectivity index (χ4v) is 0.692. The molecule has 0 spiro atoms. The summed E-state index contributed by atoms with van der Waals surface area (Å²) in [5, 5.41) is 18.7. The monoisotopic (exact) mass is 175 g/mol. The number of nitrogens with zero attached hydrogens (tertiary/aromatic N) is 1. The zero-order valence-corrected chi connectivity index (χ0v) is 5.62. The number of nitro groups is 1. The molecular formula is C6H3F2NO3. The number of rotatable bonds is 1. The summed E-state index contributed by atoms with van der Waals surface area (Å²) in [7, 11) is 0. The lowest BCUT2D eigenvalue weighted by Gasteiger charge is -1.96. The molecule has 0 bridgehead atoms. The Morgan fingerprint density at radius 3 is 2.50 bits per heavy atom. The molecule has 0 saturated heterocycles. The molecule has 0 aromatic heterocycles. The van der Waals surface area contributed by atoms with Crippen LogP contribution in [0.4, 0.5) is 14.5 Å². The highest BCUT2D eigenvalue weighted by molar-refractivity contribution is 5.46. The molecular weight excluding hydrogens is 172 g/mol. The van der Waals surface area contributed by atoms with Gasteiger partial charge in [0.25, 0.3) is 0 Å². The van der Waals surface area contributed by atoms with Gasteiger partial charge in [0.05, 0.1) is 11.0 Å². The molecule has 0 aliphatic carbocycles. The molecule has 6 heteroatoms. The van der Waals surface area contributed by atoms with Crippen molar-refractivity contribution in [2.24, 2.45) is 0 Å². The molecule has 0 aliphatic heterocycles. The lowest BCUT2D eigenvalue weighted by atomic mass is 10.3. The van der Waals surface area contributed by atoms with Crippen LogP contribution in [-0.2, 0) is 0 Å². The molecule has 0 atom stereocenters. The zero-order chi connectivity index (χ0) is 9.30. The summed E-state index contributed by atoms with van der Waals surface area (Å²) in [5.41, 5.74) is -0.979. The maximum Gasteiger partial charge on any atom is 0.316 e. The number of phenolic OH excluding ortho intramolecular Hbond substituents is 1. The molecule has 0 unspecified atom stereocenters. The van der Waals surface area contributed by atoms with Crippen molar-refractivity contribution >= 4 is 5.69 Å². The summed E-state index contributed by atoms with van der Waals surface area (Å²) in [5.74, 6) is -3.60. The highest BCUT2D eigenvalue weighted by atomic mass is 19.1. The van der Waals surface area contributed by atoms with Gasteiger partial charge >= 0.3 is 5.69 Å². The summed E-state index contributed by atoms with van der Waals surface area (Å²) in [6.45, 7) is 0. The van der Waals surface area contributed by atoms with Crippen LogP contribution in [-0.4, -0.2) is 10.0 Å². The van der Waals surface area contributed by atoms with Crippen LogP contribution in [0.15, 0.2) is 12.1 Å². The molecule has 0 saturated carbocycles. The van der Waals surface area contributed by atoms with Crippen LogP contribution < -0.4 is 0 Å². The maximum absolute atomic E-state index is 12.4. The van der Waals surface area contributed by atoms with Crippen molar-refractivity contribution < 1.29 is 18.8 Å². The minimum absolute atomic E-state index is 0.363. The first-order chi connectivity index (χ1) is 5.52. The second-order valence-electron chi connectivity index (χ2n) is 2.01. The molecule has 0 radical (unpaired) electrons. The Hall–Kier alpha value is -1.72. The SMILES string of the molecule is O=[N+]([O-])c1cc(F)cc(F)c1O. The van der Waals surface area contributed by atoms with Crippen LogP contribution in [0.1, 0.15) is 0 Å². The van der Waals surface area contributed by atoms with E-state index in [2.05, 4.69) is 0 Å². The fraction of sp³-hybridized carbons (Fsp3) is 0. The molecule has 0 fully saturated rings. The third-order valence-corrected chi connectivity index (χ3v) is 1.20. The Morgan fingerprint density at radius 1 is 1.42 bits per heavy atom. The average Bonchev–Trinajstić information content (AvgIpc) is 1.96. The largest absolute Gasteiger partial charge is 0.500 e. The van der Waals surface area contributed by atoms with Gasteiger partial charge in [0.15, 0.2) is 5.82 Å². The Bertz CT molecular complexity index is 340. The van der Waals surface area contributed by atoms with Crippen molar-refractivity contribution in [3.05, 3.63) is 33.9 Å². The lowest BCUT2D eigenvalue weighted by molar-refractivity contribution is -0.386. The molecule has 64 valence electrons.